The molecule has 5 nitrogen and oxygen atoms in total. The van der Waals surface area contributed by atoms with Gasteiger partial charge in [-0.05, 0) is 38.3 Å². The summed E-state index contributed by atoms with van der Waals surface area (Å²) in [5.41, 5.74) is 0. The molecule has 0 aromatic heterocycles. The van der Waals surface area contributed by atoms with Crippen LogP contribution in [-0.4, -0.2) is 49.4 Å². The largest absolute Gasteiger partial charge is 0.359 e. The normalized spacial score (nSPS) is 27.8. The summed E-state index contributed by atoms with van der Waals surface area (Å²) >= 11 is 0. The molecule has 2 amide bonds. The number of piperidine rings is 2. The van der Waals surface area contributed by atoms with Crippen molar-refractivity contribution in [1.29, 1.82) is 0 Å². The van der Waals surface area contributed by atoms with Crippen molar-refractivity contribution in [2.24, 2.45) is 5.92 Å². The Morgan fingerprint density at radius 3 is 3.11 bits per heavy atom. The predicted octanol–water partition coefficient (Wildman–Crippen LogP) is 0.113. The second-order valence-electron chi connectivity index (χ2n) is 5.22. The third-order valence-electron chi connectivity index (χ3n) is 4.10. The Hall–Kier alpha value is -1.10. The second kappa shape index (κ2) is 6.18. The zero-order valence-corrected chi connectivity index (χ0v) is 11.1. The Morgan fingerprint density at radius 1 is 1.50 bits per heavy atom. The molecule has 2 rings (SSSR count). The summed E-state index contributed by atoms with van der Waals surface area (Å²) in [5, 5.41) is 6.02. The van der Waals surface area contributed by atoms with E-state index >= 15 is 0 Å². The van der Waals surface area contributed by atoms with Crippen molar-refractivity contribution in [3.63, 3.8) is 0 Å². The lowest BCUT2D eigenvalue weighted by Gasteiger charge is -2.44. The van der Waals surface area contributed by atoms with E-state index in [1.54, 1.807) is 7.05 Å². The molecule has 2 N–H and O–H groups in total. The fraction of sp³-hybridized carbons (Fsp3) is 0.846. The first-order chi connectivity index (χ1) is 8.72. The maximum Gasteiger partial charge on any atom is 0.222 e. The van der Waals surface area contributed by atoms with Gasteiger partial charge in [-0.15, -0.1) is 0 Å². The zero-order chi connectivity index (χ0) is 13.0. The second-order valence-corrected chi connectivity index (χ2v) is 5.22. The molecule has 2 atom stereocenters. The van der Waals surface area contributed by atoms with E-state index in [2.05, 4.69) is 10.6 Å². The zero-order valence-electron chi connectivity index (χ0n) is 11.1. The van der Waals surface area contributed by atoms with Gasteiger partial charge in [0.1, 0.15) is 0 Å². The number of nitrogens with one attached hydrogen (secondary N) is 2. The molecule has 2 aliphatic heterocycles. The van der Waals surface area contributed by atoms with Gasteiger partial charge < -0.3 is 15.5 Å². The van der Waals surface area contributed by atoms with E-state index in [0.29, 0.717) is 24.8 Å². The van der Waals surface area contributed by atoms with Crippen LogP contribution in [0, 0.1) is 5.92 Å². The van der Waals surface area contributed by atoms with Crippen LogP contribution in [0.1, 0.15) is 32.1 Å². The molecule has 2 saturated heterocycles. The number of carbonyl (C=O) groups is 2. The van der Waals surface area contributed by atoms with Crippen LogP contribution >= 0.6 is 0 Å². The Kier molecular flexibility index (Phi) is 4.58. The number of fused-ring (bicyclic) bond motifs is 1. The first kappa shape index (κ1) is 13.3. The van der Waals surface area contributed by atoms with Crippen molar-refractivity contribution in [3.05, 3.63) is 0 Å². The number of hydrogen-bond acceptors (Lipinski definition) is 3. The van der Waals surface area contributed by atoms with Crippen LogP contribution in [0.2, 0.25) is 0 Å². The lowest BCUT2D eigenvalue weighted by molar-refractivity contribution is -0.140. The van der Waals surface area contributed by atoms with Crippen LogP contribution in [0.5, 0.6) is 0 Å². The van der Waals surface area contributed by atoms with Gasteiger partial charge >= 0.3 is 0 Å². The van der Waals surface area contributed by atoms with Crippen molar-refractivity contribution in [2.45, 2.75) is 38.1 Å². The van der Waals surface area contributed by atoms with Gasteiger partial charge in [0.05, 0.1) is 0 Å². The van der Waals surface area contributed by atoms with Crippen LogP contribution in [0.4, 0.5) is 0 Å². The van der Waals surface area contributed by atoms with E-state index in [1.165, 1.54) is 0 Å². The van der Waals surface area contributed by atoms with Gasteiger partial charge in [0, 0.05) is 32.5 Å². The highest BCUT2D eigenvalue weighted by Gasteiger charge is 2.36. The highest BCUT2D eigenvalue weighted by molar-refractivity contribution is 5.78. The van der Waals surface area contributed by atoms with Crippen molar-refractivity contribution in [3.8, 4) is 0 Å². The van der Waals surface area contributed by atoms with Crippen molar-refractivity contribution < 1.29 is 9.59 Å². The van der Waals surface area contributed by atoms with Gasteiger partial charge in [-0.25, -0.2) is 0 Å². The summed E-state index contributed by atoms with van der Waals surface area (Å²) in [6, 6.07) is 0.400. The molecule has 0 radical (unpaired) electrons. The molecule has 5 heteroatoms. The average Bonchev–Trinajstić information content (AvgIpc) is 2.41. The van der Waals surface area contributed by atoms with E-state index in [1.807, 2.05) is 4.90 Å². The van der Waals surface area contributed by atoms with Gasteiger partial charge in [-0.2, -0.15) is 0 Å². The number of nitrogens with zero attached hydrogens (tertiary/aromatic N) is 1. The minimum Gasteiger partial charge on any atom is -0.359 e. The van der Waals surface area contributed by atoms with Crippen LogP contribution in [0.25, 0.3) is 0 Å². The van der Waals surface area contributed by atoms with Crippen molar-refractivity contribution >= 4 is 11.8 Å². The van der Waals surface area contributed by atoms with E-state index < -0.39 is 0 Å². The minimum absolute atomic E-state index is 0.0568. The molecule has 2 unspecified atom stereocenters. The Bertz CT molecular complexity index is 319. The van der Waals surface area contributed by atoms with Gasteiger partial charge in [0.15, 0.2) is 0 Å². The third-order valence-corrected chi connectivity index (χ3v) is 4.10. The predicted molar refractivity (Wildman–Crippen MR) is 69.0 cm³/mol. The molecule has 0 bridgehead atoms. The van der Waals surface area contributed by atoms with E-state index in [-0.39, 0.29) is 11.8 Å². The molecular weight excluding hydrogens is 230 g/mol. The van der Waals surface area contributed by atoms with Crippen molar-refractivity contribution in [1.82, 2.24) is 15.5 Å². The Morgan fingerprint density at radius 2 is 2.33 bits per heavy atom. The van der Waals surface area contributed by atoms with Gasteiger partial charge in [0.2, 0.25) is 11.8 Å². The molecule has 2 aliphatic rings. The standard InChI is InChI=1S/C13H23N3O2/c1-14-12(17)3-2-8-16-11-6-7-15-9-10(11)4-5-13(16)18/h10-11,15H,2-9H2,1H3,(H,14,17). The van der Waals surface area contributed by atoms with Crippen molar-refractivity contribution in [2.75, 3.05) is 26.7 Å². The maximum atomic E-state index is 12.0. The topological polar surface area (TPSA) is 61.4 Å². The first-order valence-corrected chi connectivity index (χ1v) is 6.93. The summed E-state index contributed by atoms with van der Waals surface area (Å²) in [6.07, 6.45) is 4.01. The SMILES string of the molecule is CNC(=O)CCCN1C(=O)CCC2CNCCC21. The van der Waals surface area contributed by atoms with E-state index in [9.17, 15) is 9.59 Å². The van der Waals surface area contributed by atoms with Crippen LogP contribution < -0.4 is 10.6 Å². The highest BCUT2D eigenvalue weighted by Crippen LogP contribution is 2.28. The Labute approximate surface area is 108 Å². The van der Waals surface area contributed by atoms with Crippen LogP contribution in [0.3, 0.4) is 0 Å². The van der Waals surface area contributed by atoms with E-state index in [4.69, 9.17) is 0 Å². The lowest BCUT2D eigenvalue weighted by Crippen LogP contribution is -2.55. The third kappa shape index (κ3) is 3.02. The van der Waals surface area contributed by atoms with Crippen LogP contribution in [-0.2, 0) is 9.59 Å². The van der Waals surface area contributed by atoms with Gasteiger partial charge in [-0.3, -0.25) is 9.59 Å². The van der Waals surface area contributed by atoms with E-state index in [0.717, 1.165) is 38.9 Å². The summed E-state index contributed by atoms with van der Waals surface area (Å²) < 4.78 is 0. The quantitative estimate of drug-likeness (QED) is 0.748. The monoisotopic (exact) mass is 253 g/mol. The number of hydrogen-bond donors (Lipinski definition) is 2. The average molecular weight is 253 g/mol. The maximum absolute atomic E-state index is 12.0. The van der Waals surface area contributed by atoms with Crippen LogP contribution in [0.15, 0.2) is 0 Å². The smallest absolute Gasteiger partial charge is 0.222 e. The molecule has 2 fully saturated rings. The Balaban J connectivity index is 1.87. The highest BCUT2D eigenvalue weighted by atomic mass is 16.2. The molecular formula is C13H23N3O2. The first-order valence-electron chi connectivity index (χ1n) is 6.93. The lowest BCUT2D eigenvalue weighted by atomic mass is 9.84. The molecule has 0 aromatic rings. The summed E-state index contributed by atoms with van der Waals surface area (Å²) in [6.45, 7) is 2.76. The molecule has 2 heterocycles. The fourth-order valence-electron chi connectivity index (χ4n) is 3.08. The molecule has 0 aliphatic carbocycles. The molecule has 0 spiro atoms. The van der Waals surface area contributed by atoms with Gasteiger partial charge in [-0.1, -0.05) is 0 Å². The minimum atomic E-state index is 0.0568. The molecule has 0 aromatic carbocycles. The number of rotatable bonds is 4. The number of carbonyl (C=O) groups excluding carboxylic acids is 2. The van der Waals surface area contributed by atoms with Gasteiger partial charge in [0.25, 0.3) is 0 Å². The fourth-order valence-corrected chi connectivity index (χ4v) is 3.08. The summed E-state index contributed by atoms with van der Waals surface area (Å²) in [5.74, 6) is 0.938. The summed E-state index contributed by atoms with van der Waals surface area (Å²) in [4.78, 5) is 25.2. The number of likely N-dealkylation sites (tertiary alicyclic amines) is 1. The summed E-state index contributed by atoms with van der Waals surface area (Å²) in [7, 11) is 1.65. The molecule has 102 valence electrons. The number of amides is 2. The molecule has 18 heavy (non-hydrogen) atoms. The molecule has 0 saturated carbocycles.